The Bertz CT molecular complexity index is 897. The summed E-state index contributed by atoms with van der Waals surface area (Å²) in [6.07, 6.45) is 8.29. The molecule has 1 fully saturated rings. The number of carbonyl (C=O) groups is 1. The highest BCUT2D eigenvalue weighted by Crippen LogP contribution is 2.30. The topological polar surface area (TPSA) is 66.5 Å². The Balaban J connectivity index is 1.76. The van der Waals surface area contributed by atoms with Crippen LogP contribution in [0.5, 0.6) is 0 Å². The Morgan fingerprint density at radius 2 is 1.81 bits per heavy atom. The van der Waals surface area contributed by atoms with Crippen LogP contribution in [0.1, 0.15) is 61.5 Å². The fourth-order valence-corrected chi connectivity index (χ4v) is 5.32. The quantitative estimate of drug-likeness (QED) is 0.790. The van der Waals surface area contributed by atoms with Crippen molar-refractivity contribution in [1.82, 2.24) is 5.32 Å². The summed E-state index contributed by atoms with van der Waals surface area (Å²) < 4.78 is 26.5. The van der Waals surface area contributed by atoms with Crippen LogP contribution in [-0.4, -0.2) is 33.2 Å². The summed E-state index contributed by atoms with van der Waals surface area (Å²) in [5, 5.41) is 4.10. The van der Waals surface area contributed by atoms with Gasteiger partial charge in [0, 0.05) is 17.8 Å². The van der Waals surface area contributed by atoms with Gasteiger partial charge in [0.05, 0.1) is 16.3 Å². The van der Waals surface area contributed by atoms with Crippen molar-refractivity contribution >= 4 is 43.0 Å². The summed E-state index contributed by atoms with van der Waals surface area (Å²) in [6, 6.07) is 7.66. The highest BCUT2D eigenvalue weighted by atomic mass is 32.2. The Morgan fingerprint density at radius 1 is 1.15 bits per heavy atom. The number of carbonyl (C=O) groups excluding carboxylic acids is 1. The largest absolute Gasteiger partial charge is 0.349 e. The number of benzene rings is 1. The molecule has 1 aliphatic rings. The maximum absolute atomic E-state index is 12.7. The van der Waals surface area contributed by atoms with E-state index in [9.17, 15) is 13.2 Å². The van der Waals surface area contributed by atoms with Gasteiger partial charge >= 0.3 is 0 Å². The molecule has 0 spiro atoms. The molecule has 5 nitrogen and oxygen atoms in total. The Kier molecular flexibility index (Phi) is 6.42. The van der Waals surface area contributed by atoms with Gasteiger partial charge in [-0.3, -0.25) is 9.10 Å². The second kappa shape index (κ2) is 8.61. The van der Waals surface area contributed by atoms with Crippen molar-refractivity contribution in [3.63, 3.8) is 0 Å². The minimum atomic E-state index is -3.30. The van der Waals surface area contributed by atoms with Gasteiger partial charge in [-0.1, -0.05) is 32.1 Å². The van der Waals surface area contributed by atoms with Gasteiger partial charge in [0.1, 0.15) is 0 Å². The van der Waals surface area contributed by atoms with E-state index >= 15 is 0 Å². The van der Waals surface area contributed by atoms with Crippen molar-refractivity contribution in [2.75, 3.05) is 17.1 Å². The molecular weight excluding hydrogens is 380 g/mol. The second-order valence-electron chi connectivity index (χ2n) is 7.22. The summed E-state index contributed by atoms with van der Waals surface area (Å²) in [4.78, 5) is 13.4. The van der Waals surface area contributed by atoms with E-state index in [0.717, 1.165) is 22.9 Å². The van der Waals surface area contributed by atoms with E-state index in [-0.39, 0.29) is 17.7 Å². The molecule has 3 rings (SSSR count). The SMILES string of the molecule is CCS(=O)(=O)N(C)c1ccc2sc(C(=O)NC3CCCCCCC3)cc2c1. The van der Waals surface area contributed by atoms with Crippen molar-refractivity contribution in [2.24, 2.45) is 0 Å². The van der Waals surface area contributed by atoms with E-state index in [2.05, 4.69) is 5.32 Å². The van der Waals surface area contributed by atoms with Crippen molar-refractivity contribution in [3.05, 3.63) is 29.1 Å². The van der Waals surface area contributed by atoms with Crippen molar-refractivity contribution in [3.8, 4) is 0 Å². The zero-order valence-electron chi connectivity index (χ0n) is 16.0. The molecule has 0 saturated heterocycles. The second-order valence-corrected chi connectivity index (χ2v) is 10.6. The predicted molar refractivity (Wildman–Crippen MR) is 113 cm³/mol. The first kappa shape index (κ1) is 20.1. The molecule has 27 heavy (non-hydrogen) atoms. The summed E-state index contributed by atoms with van der Waals surface area (Å²) in [6.45, 7) is 1.63. The van der Waals surface area contributed by atoms with Gasteiger partial charge in [-0.25, -0.2) is 8.42 Å². The molecule has 1 N–H and O–H groups in total. The van der Waals surface area contributed by atoms with E-state index in [4.69, 9.17) is 0 Å². The lowest BCUT2D eigenvalue weighted by Gasteiger charge is -2.20. The standard InChI is InChI=1S/C20H28N2O3S2/c1-3-27(24,25)22(2)17-11-12-18-15(13-17)14-19(26-18)20(23)21-16-9-7-5-4-6-8-10-16/h11-14,16H,3-10H2,1-2H3,(H,21,23). The van der Waals surface area contributed by atoms with E-state index in [1.807, 2.05) is 18.2 Å². The summed E-state index contributed by atoms with van der Waals surface area (Å²) in [5.74, 6) is 0.0399. The molecule has 0 radical (unpaired) electrons. The number of hydrogen-bond acceptors (Lipinski definition) is 4. The normalized spacial score (nSPS) is 16.7. The van der Waals surface area contributed by atoms with E-state index in [0.29, 0.717) is 10.6 Å². The number of anilines is 1. The molecular formula is C20H28N2O3S2. The maximum atomic E-state index is 12.7. The van der Waals surface area contributed by atoms with Crippen molar-refractivity contribution in [2.45, 2.75) is 57.9 Å². The molecule has 7 heteroatoms. The fraction of sp³-hybridized carbons (Fsp3) is 0.550. The third kappa shape index (κ3) is 4.82. The van der Waals surface area contributed by atoms with Crippen LogP contribution < -0.4 is 9.62 Å². The van der Waals surface area contributed by atoms with Crippen LogP contribution in [-0.2, 0) is 10.0 Å². The number of nitrogens with zero attached hydrogens (tertiary/aromatic N) is 1. The number of nitrogens with one attached hydrogen (secondary N) is 1. The van der Waals surface area contributed by atoms with Gasteiger partial charge in [-0.2, -0.15) is 0 Å². The molecule has 0 atom stereocenters. The molecule has 148 valence electrons. The number of sulfonamides is 1. The lowest BCUT2D eigenvalue weighted by atomic mass is 9.97. The predicted octanol–water partition coefficient (Wildman–Crippen LogP) is 4.53. The van der Waals surface area contributed by atoms with Gasteiger partial charge in [0.15, 0.2) is 0 Å². The van der Waals surface area contributed by atoms with E-state index in [1.54, 1.807) is 20.0 Å². The molecule has 1 amide bonds. The molecule has 0 bridgehead atoms. The maximum Gasteiger partial charge on any atom is 0.261 e. The molecule has 1 aromatic heterocycles. The minimum Gasteiger partial charge on any atom is -0.349 e. The third-order valence-electron chi connectivity index (χ3n) is 5.31. The first-order valence-electron chi connectivity index (χ1n) is 9.72. The Labute approximate surface area is 165 Å². The Hall–Kier alpha value is -1.60. The molecule has 1 aromatic carbocycles. The lowest BCUT2D eigenvalue weighted by molar-refractivity contribution is 0.0934. The zero-order valence-corrected chi connectivity index (χ0v) is 17.7. The Morgan fingerprint density at radius 3 is 2.48 bits per heavy atom. The van der Waals surface area contributed by atoms with E-state index in [1.165, 1.54) is 47.7 Å². The minimum absolute atomic E-state index is 0.0159. The first-order valence-corrected chi connectivity index (χ1v) is 12.1. The number of thiophene rings is 1. The first-order chi connectivity index (χ1) is 12.9. The molecule has 0 aliphatic heterocycles. The van der Waals surface area contributed by atoms with Gasteiger partial charge in [0.25, 0.3) is 5.91 Å². The lowest BCUT2D eigenvalue weighted by Crippen LogP contribution is -2.34. The number of rotatable bonds is 5. The summed E-state index contributed by atoms with van der Waals surface area (Å²) in [5.41, 5.74) is 0.620. The van der Waals surface area contributed by atoms with Crippen LogP contribution in [0, 0.1) is 0 Å². The van der Waals surface area contributed by atoms with Gasteiger partial charge < -0.3 is 5.32 Å². The van der Waals surface area contributed by atoms with Crippen molar-refractivity contribution < 1.29 is 13.2 Å². The average molecular weight is 409 g/mol. The van der Waals surface area contributed by atoms with Crippen LogP contribution in [0.25, 0.3) is 10.1 Å². The fourth-order valence-electron chi connectivity index (χ4n) is 3.55. The molecule has 0 unspecified atom stereocenters. The van der Waals surface area contributed by atoms with Crippen LogP contribution in [0.4, 0.5) is 5.69 Å². The molecule has 2 aromatic rings. The highest BCUT2D eigenvalue weighted by molar-refractivity contribution is 7.92. The van der Waals surface area contributed by atoms with E-state index < -0.39 is 10.0 Å². The monoisotopic (exact) mass is 408 g/mol. The van der Waals surface area contributed by atoms with Crippen molar-refractivity contribution in [1.29, 1.82) is 0 Å². The van der Waals surface area contributed by atoms with Crippen LogP contribution in [0.2, 0.25) is 0 Å². The molecule has 1 aliphatic carbocycles. The van der Waals surface area contributed by atoms with Crippen LogP contribution >= 0.6 is 11.3 Å². The average Bonchev–Trinajstić information content (AvgIpc) is 3.06. The summed E-state index contributed by atoms with van der Waals surface area (Å²) in [7, 11) is -1.73. The molecule has 1 saturated carbocycles. The number of fused-ring (bicyclic) bond motifs is 1. The van der Waals surface area contributed by atoms with Gasteiger partial charge in [0.2, 0.25) is 10.0 Å². The smallest absolute Gasteiger partial charge is 0.261 e. The van der Waals surface area contributed by atoms with Crippen LogP contribution in [0.3, 0.4) is 0 Å². The zero-order chi connectivity index (χ0) is 19.4. The molecule has 1 heterocycles. The van der Waals surface area contributed by atoms with Gasteiger partial charge in [-0.15, -0.1) is 11.3 Å². The summed E-state index contributed by atoms with van der Waals surface area (Å²) >= 11 is 1.46. The van der Waals surface area contributed by atoms with Gasteiger partial charge in [-0.05, 0) is 49.4 Å². The van der Waals surface area contributed by atoms with Crippen LogP contribution in [0.15, 0.2) is 24.3 Å². The number of hydrogen-bond donors (Lipinski definition) is 1. The highest BCUT2D eigenvalue weighted by Gasteiger charge is 2.19. The third-order valence-corrected chi connectivity index (χ3v) is 8.20. The number of amides is 1.